The highest BCUT2D eigenvalue weighted by Crippen LogP contribution is 2.05. The maximum Gasteiger partial charge on any atom is 0.173 e. The van der Waals surface area contributed by atoms with Gasteiger partial charge in [-0.1, -0.05) is 0 Å². The number of carbonyl (C=O) groups is 2. The Hall–Kier alpha value is -1.80. The smallest absolute Gasteiger partial charge is 0.173 e. The maximum atomic E-state index is 11.8. The van der Waals surface area contributed by atoms with Crippen LogP contribution in [-0.4, -0.2) is 51.7 Å². The molecule has 1 aromatic heterocycles. The third-order valence-electron chi connectivity index (χ3n) is 3.17. The third kappa shape index (κ3) is 9.75. The van der Waals surface area contributed by atoms with E-state index in [0.29, 0.717) is 76.4 Å². The number of hydrogen-bond donors (Lipinski definition) is 1. The van der Waals surface area contributed by atoms with Gasteiger partial charge in [-0.2, -0.15) is 0 Å². The normalized spacial score (nSPS) is 10.7. The Morgan fingerprint density at radius 2 is 1.52 bits per heavy atom. The summed E-state index contributed by atoms with van der Waals surface area (Å²) in [4.78, 5) is 23.4. The molecule has 0 aliphatic heterocycles. The van der Waals surface area contributed by atoms with Crippen molar-refractivity contribution >= 4 is 11.6 Å². The Morgan fingerprint density at radius 1 is 0.913 bits per heavy atom. The van der Waals surface area contributed by atoms with Crippen LogP contribution in [0.1, 0.15) is 50.2 Å². The van der Waals surface area contributed by atoms with Crippen LogP contribution in [0.5, 0.6) is 0 Å². The Labute approximate surface area is 136 Å². The zero-order valence-electron chi connectivity index (χ0n) is 13.7. The van der Waals surface area contributed by atoms with Gasteiger partial charge in [0.1, 0.15) is 11.6 Å². The number of rotatable bonds is 13. The SMILES string of the molecule is Cc1nnc(CCC(=O)CCCC(=O)CCCOCCN)nn1. The number of aryl methyl sites for hydroxylation is 2. The zero-order chi connectivity index (χ0) is 16.9. The summed E-state index contributed by atoms with van der Waals surface area (Å²) in [6.07, 6.45) is 3.42. The molecule has 0 aliphatic rings. The monoisotopic (exact) mass is 323 g/mol. The van der Waals surface area contributed by atoms with E-state index in [-0.39, 0.29) is 11.6 Å². The van der Waals surface area contributed by atoms with E-state index >= 15 is 0 Å². The average molecular weight is 323 g/mol. The van der Waals surface area contributed by atoms with Crippen molar-refractivity contribution in [1.82, 2.24) is 20.4 Å². The van der Waals surface area contributed by atoms with Crippen LogP contribution < -0.4 is 5.73 Å². The first kappa shape index (κ1) is 19.2. The maximum absolute atomic E-state index is 11.8. The van der Waals surface area contributed by atoms with Gasteiger partial charge in [0.05, 0.1) is 6.61 Å². The number of nitrogens with zero attached hydrogens (tertiary/aromatic N) is 4. The molecule has 8 nitrogen and oxygen atoms in total. The van der Waals surface area contributed by atoms with Crippen molar-refractivity contribution in [2.45, 2.75) is 51.9 Å². The van der Waals surface area contributed by atoms with Gasteiger partial charge in [0.2, 0.25) is 0 Å². The van der Waals surface area contributed by atoms with Gasteiger partial charge in [0.25, 0.3) is 0 Å². The summed E-state index contributed by atoms with van der Waals surface area (Å²) >= 11 is 0. The van der Waals surface area contributed by atoms with Gasteiger partial charge in [0, 0.05) is 45.3 Å². The Balaban J connectivity index is 2.04. The first-order chi connectivity index (χ1) is 11.1. The molecule has 0 aromatic carbocycles. The number of ketones is 2. The van der Waals surface area contributed by atoms with E-state index in [0.717, 1.165) is 0 Å². The summed E-state index contributed by atoms with van der Waals surface area (Å²) in [5.74, 6) is 1.25. The number of Topliss-reactive ketones (excluding diaryl/α,β-unsaturated/α-hetero) is 2. The predicted octanol–water partition coefficient (Wildman–Crippen LogP) is 0.572. The fraction of sp³-hybridized carbons (Fsp3) is 0.733. The zero-order valence-corrected chi connectivity index (χ0v) is 13.7. The summed E-state index contributed by atoms with van der Waals surface area (Å²) in [5.41, 5.74) is 5.29. The molecule has 0 saturated heterocycles. The van der Waals surface area contributed by atoms with Crippen LogP contribution in [0.2, 0.25) is 0 Å². The van der Waals surface area contributed by atoms with E-state index in [2.05, 4.69) is 20.4 Å². The number of ether oxygens (including phenoxy) is 1. The summed E-state index contributed by atoms with van der Waals surface area (Å²) in [7, 11) is 0. The lowest BCUT2D eigenvalue weighted by Crippen LogP contribution is -2.10. The van der Waals surface area contributed by atoms with Crippen molar-refractivity contribution in [2.24, 2.45) is 5.73 Å². The molecule has 0 spiro atoms. The van der Waals surface area contributed by atoms with Crippen molar-refractivity contribution in [3.05, 3.63) is 11.6 Å². The molecule has 1 heterocycles. The molecular weight excluding hydrogens is 298 g/mol. The van der Waals surface area contributed by atoms with E-state index < -0.39 is 0 Å². The fourth-order valence-corrected chi connectivity index (χ4v) is 1.94. The molecule has 0 bridgehead atoms. The quantitative estimate of drug-likeness (QED) is 0.523. The van der Waals surface area contributed by atoms with Crippen molar-refractivity contribution in [3.63, 3.8) is 0 Å². The highest BCUT2D eigenvalue weighted by atomic mass is 16.5. The first-order valence-electron chi connectivity index (χ1n) is 7.96. The average Bonchev–Trinajstić information content (AvgIpc) is 2.54. The minimum atomic E-state index is 0.105. The molecule has 0 fully saturated rings. The van der Waals surface area contributed by atoms with Gasteiger partial charge in [-0.05, 0) is 19.8 Å². The highest BCUT2D eigenvalue weighted by molar-refractivity contribution is 5.81. The molecule has 0 saturated carbocycles. The van der Waals surface area contributed by atoms with Crippen LogP contribution >= 0.6 is 0 Å². The molecule has 0 radical (unpaired) electrons. The Morgan fingerprint density at radius 3 is 2.17 bits per heavy atom. The van der Waals surface area contributed by atoms with Gasteiger partial charge < -0.3 is 10.5 Å². The standard InChI is InChI=1S/C15H25N5O3/c1-12-17-19-15(20-18-12)8-7-14(22)5-2-4-13(21)6-3-10-23-11-9-16/h2-11,16H2,1H3. The van der Waals surface area contributed by atoms with E-state index in [1.165, 1.54) is 0 Å². The second-order valence-corrected chi connectivity index (χ2v) is 5.30. The molecule has 0 amide bonds. The second kappa shape index (κ2) is 11.7. The van der Waals surface area contributed by atoms with Crippen molar-refractivity contribution in [3.8, 4) is 0 Å². The van der Waals surface area contributed by atoms with E-state index in [9.17, 15) is 9.59 Å². The van der Waals surface area contributed by atoms with E-state index in [4.69, 9.17) is 10.5 Å². The first-order valence-corrected chi connectivity index (χ1v) is 7.96. The van der Waals surface area contributed by atoms with Crippen LogP contribution in [0.25, 0.3) is 0 Å². The number of nitrogens with two attached hydrogens (primary N) is 1. The topological polar surface area (TPSA) is 121 Å². The molecule has 1 aromatic rings. The van der Waals surface area contributed by atoms with Crippen molar-refractivity contribution < 1.29 is 14.3 Å². The van der Waals surface area contributed by atoms with Gasteiger partial charge in [-0.15, -0.1) is 20.4 Å². The molecule has 1 rings (SSSR count). The summed E-state index contributed by atoms with van der Waals surface area (Å²) < 4.78 is 5.20. The van der Waals surface area contributed by atoms with E-state index in [1.54, 1.807) is 6.92 Å². The molecule has 8 heteroatoms. The van der Waals surface area contributed by atoms with Crippen LogP contribution in [0.15, 0.2) is 0 Å². The molecule has 0 aliphatic carbocycles. The molecule has 128 valence electrons. The van der Waals surface area contributed by atoms with Crippen molar-refractivity contribution in [2.75, 3.05) is 19.8 Å². The van der Waals surface area contributed by atoms with Crippen LogP contribution in [0.4, 0.5) is 0 Å². The summed E-state index contributed by atoms with van der Waals surface area (Å²) in [5, 5.41) is 15.3. The molecule has 0 unspecified atom stereocenters. The predicted molar refractivity (Wildman–Crippen MR) is 83.7 cm³/mol. The number of aromatic nitrogens is 4. The lowest BCUT2D eigenvalue weighted by atomic mass is 10.1. The van der Waals surface area contributed by atoms with Gasteiger partial charge in [0.15, 0.2) is 11.6 Å². The molecule has 2 N–H and O–H groups in total. The van der Waals surface area contributed by atoms with Crippen LogP contribution in [-0.2, 0) is 20.7 Å². The van der Waals surface area contributed by atoms with Gasteiger partial charge in [-0.25, -0.2) is 0 Å². The Kier molecular flexibility index (Phi) is 9.81. The molecule has 23 heavy (non-hydrogen) atoms. The van der Waals surface area contributed by atoms with Crippen LogP contribution in [0.3, 0.4) is 0 Å². The lowest BCUT2D eigenvalue weighted by molar-refractivity contribution is -0.120. The lowest BCUT2D eigenvalue weighted by Gasteiger charge is -2.03. The number of carbonyl (C=O) groups excluding carboxylic acids is 2. The number of hydrogen-bond acceptors (Lipinski definition) is 8. The second-order valence-electron chi connectivity index (χ2n) is 5.30. The minimum absolute atomic E-state index is 0.105. The largest absolute Gasteiger partial charge is 0.380 e. The Bertz CT molecular complexity index is 479. The third-order valence-corrected chi connectivity index (χ3v) is 3.17. The minimum Gasteiger partial charge on any atom is -0.380 e. The summed E-state index contributed by atoms with van der Waals surface area (Å²) in [6, 6.07) is 0. The molecule has 0 atom stereocenters. The van der Waals surface area contributed by atoms with Crippen molar-refractivity contribution in [1.29, 1.82) is 0 Å². The van der Waals surface area contributed by atoms with Gasteiger partial charge >= 0.3 is 0 Å². The summed E-state index contributed by atoms with van der Waals surface area (Å²) in [6.45, 7) is 3.28. The van der Waals surface area contributed by atoms with Gasteiger partial charge in [-0.3, -0.25) is 9.59 Å². The fourth-order valence-electron chi connectivity index (χ4n) is 1.94. The van der Waals surface area contributed by atoms with E-state index in [1.807, 2.05) is 0 Å². The molecular formula is C15H25N5O3. The van der Waals surface area contributed by atoms with Crippen LogP contribution in [0, 0.1) is 6.92 Å². The highest BCUT2D eigenvalue weighted by Gasteiger charge is 2.08.